The molecular formula is C8H17NS. The van der Waals surface area contributed by atoms with Gasteiger partial charge in [-0.2, -0.15) is 0 Å². The van der Waals surface area contributed by atoms with E-state index in [0.29, 0.717) is 10.7 Å². The largest absolute Gasteiger partial charge is 0.404 e. The van der Waals surface area contributed by atoms with E-state index in [1.54, 1.807) is 18.0 Å². The smallest absolute Gasteiger partial charge is 0.0109 e. The van der Waals surface area contributed by atoms with Crippen LogP contribution in [0.4, 0.5) is 0 Å². The van der Waals surface area contributed by atoms with Crippen molar-refractivity contribution in [2.45, 2.75) is 32.9 Å². The molecule has 0 amide bonds. The van der Waals surface area contributed by atoms with Crippen LogP contribution in [0.25, 0.3) is 0 Å². The molecule has 0 saturated carbocycles. The lowest BCUT2D eigenvalue weighted by atomic mass is 9.93. The fourth-order valence-corrected chi connectivity index (χ4v) is 1.10. The van der Waals surface area contributed by atoms with Gasteiger partial charge in [0, 0.05) is 11.4 Å². The van der Waals surface area contributed by atoms with Crippen LogP contribution in [0.1, 0.15) is 27.7 Å². The minimum absolute atomic E-state index is 0.365. The zero-order valence-electron chi connectivity index (χ0n) is 7.22. The lowest BCUT2D eigenvalue weighted by Crippen LogP contribution is -2.18. The van der Waals surface area contributed by atoms with Crippen LogP contribution >= 0.6 is 11.8 Å². The summed E-state index contributed by atoms with van der Waals surface area (Å²) in [5, 5.41) is 2.56. The highest BCUT2D eigenvalue weighted by Gasteiger charge is 2.18. The second-order valence-corrected chi connectivity index (χ2v) is 4.72. The summed E-state index contributed by atoms with van der Waals surface area (Å²) >= 11 is 1.78. The van der Waals surface area contributed by atoms with E-state index in [-0.39, 0.29) is 0 Å². The highest BCUT2D eigenvalue weighted by Crippen LogP contribution is 2.29. The van der Waals surface area contributed by atoms with Gasteiger partial charge >= 0.3 is 0 Å². The Labute approximate surface area is 68.1 Å². The van der Waals surface area contributed by atoms with E-state index in [0.717, 1.165) is 0 Å². The number of hydrogen-bond donors (Lipinski definition) is 1. The molecule has 0 aliphatic carbocycles. The molecule has 0 rings (SSSR count). The summed E-state index contributed by atoms with van der Waals surface area (Å²) in [5.41, 5.74) is 5.58. The molecule has 0 heterocycles. The van der Waals surface area contributed by atoms with Crippen molar-refractivity contribution in [1.82, 2.24) is 0 Å². The van der Waals surface area contributed by atoms with Crippen LogP contribution in [0, 0.1) is 5.41 Å². The molecule has 0 fully saturated rings. The molecule has 2 N–H and O–H groups in total. The molecule has 60 valence electrons. The van der Waals surface area contributed by atoms with Gasteiger partial charge in [0.15, 0.2) is 0 Å². The molecule has 2 heteroatoms. The third-order valence-corrected chi connectivity index (χ3v) is 3.01. The Morgan fingerprint density at radius 2 is 1.90 bits per heavy atom. The molecule has 0 bridgehead atoms. The van der Waals surface area contributed by atoms with Gasteiger partial charge in [-0.15, -0.1) is 11.8 Å². The van der Waals surface area contributed by atoms with Crippen molar-refractivity contribution in [2.75, 3.05) is 0 Å². The van der Waals surface area contributed by atoms with Gasteiger partial charge in [0.25, 0.3) is 0 Å². The minimum atomic E-state index is 0.365. The molecule has 0 aromatic rings. The van der Waals surface area contributed by atoms with Crippen molar-refractivity contribution in [3.05, 3.63) is 11.6 Å². The Kier molecular flexibility index (Phi) is 3.87. The summed E-state index contributed by atoms with van der Waals surface area (Å²) in [5.74, 6) is 0. The zero-order valence-corrected chi connectivity index (χ0v) is 8.03. The number of hydrogen-bond acceptors (Lipinski definition) is 2. The van der Waals surface area contributed by atoms with Crippen molar-refractivity contribution >= 4 is 11.8 Å². The molecule has 1 nitrogen and oxygen atoms in total. The maximum absolute atomic E-state index is 5.22. The van der Waals surface area contributed by atoms with Crippen molar-refractivity contribution in [1.29, 1.82) is 0 Å². The number of nitrogens with two attached hydrogens (primary N) is 1. The van der Waals surface area contributed by atoms with Crippen molar-refractivity contribution in [3.8, 4) is 0 Å². The molecule has 10 heavy (non-hydrogen) atoms. The van der Waals surface area contributed by atoms with Crippen molar-refractivity contribution in [3.63, 3.8) is 0 Å². The zero-order chi connectivity index (χ0) is 8.20. The van der Waals surface area contributed by atoms with Crippen LogP contribution in [0.15, 0.2) is 11.6 Å². The molecule has 0 aliphatic heterocycles. The van der Waals surface area contributed by atoms with Gasteiger partial charge in [-0.1, -0.05) is 27.7 Å². The Balaban J connectivity index is 3.73. The summed E-state index contributed by atoms with van der Waals surface area (Å²) in [7, 11) is 0. The van der Waals surface area contributed by atoms with Gasteiger partial charge < -0.3 is 5.73 Å². The first-order valence-electron chi connectivity index (χ1n) is 3.50. The summed E-state index contributed by atoms with van der Waals surface area (Å²) in [4.78, 5) is 0. The van der Waals surface area contributed by atoms with Crippen LogP contribution < -0.4 is 5.73 Å². The summed E-state index contributed by atoms with van der Waals surface area (Å²) in [6.45, 7) is 8.91. The van der Waals surface area contributed by atoms with E-state index in [4.69, 9.17) is 5.73 Å². The first-order valence-corrected chi connectivity index (χ1v) is 4.45. The van der Waals surface area contributed by atoms with E-state index < -0.39 is 0 Å². The van der Waals surface area contributed by atoms with Crippen molar-refractivity contribution in [2.24, 2.45) is 11.1 Å². The molecule has 0 aromatic heterocycles. The van der Waals surface area contributed by atoms with E-state index in [1.807, 2.05) is 5.41 Å². The fourth-order valence-electron chi connectivity index (χ4n) is 0.367. The van der Waals surface area contributed by atoms with Crippen LogP contribution in [-0.2, 0) is 0 Å². The quantitative estimate of drug-likeness (QED) is 0.670. The van der Waals surface area contributed by atoms with E-state index in [1.165, 1.54) is 0 Å². The Morgan fingerprint density at radius 1 is 1.40 bits per heavy atom. The summed E-state index contributed by atoms with van der Waals surface area (Å²) < 4.78 is 0. The van der Waals surface area contributed by atoms with E-state index >= 15 is 0 Å². The predicted molar refractivity (Wildman–Crippen MR) is 49.8 cm³/mol. The number of rotatable bonds is 2. The van der Waals surface area contributed by atoms with Crippen LogP contribution in [0.3, 0.4) is 0 Å². The molecule has 0 aliphatic rings. The third kappa shape index (κ3) is 3.83. The van der Waals surface area contributed by atoms with E-state index in [2.05, 4.69) is 27.7 Å². The topological polar surface area (TPSA) is 26.0 Å². The Morgan fingerprint density at radius 3 is 2.20 bits per heavy atom. The molecule has 1 atom stereocenters. The molecule has 0 radical (unpaired) electrons. The predicted octanol–water partition coefficient (Wildman–Crippen LogP) is 2.58. The SMILES string of the molecule is CC(S/C=C\N)C(C)(C)C. The van der Waals surface area contributed by atoms with Gasteiger partial charge in [0.05, 0.1) is 0 Å². The second kappa shape index (κ2) is 3.91. The Hall–Kier alpha value is -0.110. The van der Waals surface area contributed by atoms with Gasteiger partial charge in [0.1, 0.15) is 0 Å². The minimum Gasteiger partial charge on any atom is -0.404 e. The lowest BCUT2D eigenvalue weighted by Gasteiger charge is -2.25. The molecular weight excluding hydrogens is 142 g/mol. The molecule has 1 unspecified atom stereocenters. The number of thioether (sulfide) groups is 1. The van der Waals surface area contributed by atoms with Gasteiger partial charge in [0.2, 0.25) is 0 Å². The third-order valence-electron chi connectivity index (χ3n) is 1.58. The first kappa shape index (κ1) is 9.89. The standard InChI is InChI=1S/C8H17NS/c1-7(8(2,3)4)10-6-5-9/h5-7H,9H2,1-4H3/b6-5-. The van der Waals surface area contributed by atoms with Gasteiger partial charge in [-0.3, -0.25) is 0 Å². The normalized spacial score (nSPS) is 16.0. The van der Waals surface area contributed by atoms with Gasteiger partial charge in [-0.05, 0) is 10.8 Å². The lowest BCUT2D eigenvalue weighted by molar-refractivity contribution is 0.412. The molecule has 0 saturated heterocycles. The summed E-state index contributed by atoms with van der Waals surface area (Å²) in [6, 6.07) is 0. The first-order chi connectivity index (χ1) is 4.48. The maximum atomic E-state index is 5.22. The fraction of sp³-hybridized carbons (Fsp3) is 0.750. The van der Waals surface area contributed by atoms with Crippen molar-refractivity contribution < 1.29 is 0 Å². The average molecular weight is 159 g/mol. The second-order valence-electron chi connectivity index (χ2n) is 3.47. The molecule has 0 aromatic carbocycles. The van der Waals surface area contributed by atoms with Gasteiger partial charge in [-0.25, -0.2) is 0 Å². The van der Waals surface area contributed by atoms with Crippen LogP contribution in [0.2, 0.25) is 0 Å². The molecule has 0 spiro atoms. The van der Waals surface area contributed by atoms with Crippen LogP contribution in [-0.4, -0.2) is 5.25 Å². The summed E-state index contributed by atoms with van der Waals surface area (Å²) in [6.07, 6.45) is 1.59. The average Bonchev–Trinajstić information content (AvgIpc) is 1.80. The Bertz CT molecular complexity index is 113. The maximum Gasteiger partial charge on any atom is 0.0109 e. The highest BCUT2D eigenvalue weighted by molar-refractivity contribution is 8.02. The monoisotopic (exact) mass is 159 g/mol. The van der Waals surface area contributed by atoms with E-state index in [9.17, 15) is 0 Å². The highest BCUT2D eigenvalue weighted by atomic mass is 32.2. The van der Waals surface area contributed by atoms with Crippen LogP contribution in [0.5, 0.6) is 0 Å².